The van der Waals surface area contributed by atoms with Crippen molar-refractivity contribution in [2.75, 3.05) is 13.2 Å². The minimum Gasteiger partial charge on any atom is -0.481 e. The summed E-state index contributed by atoms with van der Waals surface area (Å²) in [5.74, 6) is -0.511. The Balaban J connectivity index is 2.26. The second-order valence-corrected chi connectivity index (χ2v) is 12.5. The standard InChI is InChI=1S/C30H54N2O6/c1-29(2)20-25(32-27(35)17-13-9-4-5-10-14-18-28(36)37)21-30(3,22-29)23-31-26(34)16-12-8-6-7-11-15-19-38-24-33/h24-25H,4-23H2,1-3H3,(H,31,34)(H,32,35)(H,36,37). The summed E-state index contributed by atoms with van der Waals surface area (Å²) in [6.07, 6.45) is 15.8. The number of carbonyl (C=O) groups is 4. The molecule has 8 heteroatoms. The van der Waals surface area contributed by atoms with Crippen LogP contribution in [0.15, 0.2) is 0 Å². The van der Waals surface area contributed by atoms with Crippen LogP contribution in [0.4, 0.5) is 0 Å². The number of hydrogen-bond donors (Lipinski definition) is 3. The van der Waals surface area contributed by atoms with Crippen molar-refractivity contribution in [3.63, 3.8) is 0 Å². The number of hydrogen-bond acceptors (Lipinski definition) is 5. The van der Waals surface area contributed by atoms with E-state index in [9.17, 15) is 19.2 Å². The highest BCUT2D eigenvalue weighted by Gasteiger charge is 2.41. The van der Waals surface area contributed by atoms with Crippen LogP contribution in [0.2, 0.25) is 0 Å². The molecule has 1 aliphatic rings. The quantitative estimate of drug-likeness (QED) is 0.116. The van der Waals surface area contributed by atoms with Gasteiger partial charge < -0.3 is 20.5 Å². The van der Waals surface area contributed by atoms with Crippen LogP contribution in [0.25, 0.3) is 0 Å². The van der Waals surface area contributed by atoms with Crippen molar-refractivity contribution in [1.29, 1.82) is 0 Å². The summed E-state index contributed by atoms with van der Waals surface area (Å²) in [4.78, 5) is 45.7. The molecule has 38 heavy (non-hydrogen) atoms. The zero-order valence-electron chi connectivity index (χ0n) is 24.3. The van der Waals surface area contributed by atoms with E-state index in [-0.39, 0.29) is 35.1 Å². The van der Waals surface area contributed by atoms with Crippen molar-refractivity contribution in [2.24, 2.45) is 10.8 Å². The number of amides is 2. The molecule has 3 N–H and O–H groups in total. The molecule has 0 bridgehead atoms. The van der Waals surface area contributed by atoms with Crippen molar-refractivity contribution in [3.05, 3.63) is 0 Å². The average molecular weight is 539 g/mol. The zero-order chi connectivity index (χ0) is 28.3. The molecule has 1 aliphatic carbocycles. The number of unbranched alkanes of at least 4 members (excludes halogenated alkanes) is 10. The van der Waals surface area contributed by atoms with Crippen LogP contribution in [-0.2, 0) is 23.9 Å². The van der Waals surface area contributed by atoms with Crippen LogP contribution in [-0.4, -0.2) is 48.6 Å². The predicted octanol–water partition coefficient (Wildman–Crippen LogP) is 5.91. The van der Waals surface area contributed by atoms with E-state index in [0.717, 1.165) is 96.3 Å². The number of aliphatic carboxylic acids is 1. The number of carbonyl (C=O) groups excluding carboxylic acids is 3. The van der Waals surface area contributed by atoms with Gasteiger partial charge in [0.05, 0.1) is 6.61 Å². The summed E-state index contributed by atoms with van der Waals surface area (Å²) >= 11 is 0. The lowest BCUT2D eigenvalue weighted by Crippen LogP contribution is -2.50. The highest BCUT2D eigenvalue weighted by molar-refractivity contribution is 5.76. The Labute approximate surface area is 230 Å². The first-order valence-corrected chi connectivity index (χ1v) is 14.9. The third-order valence-corrected chi connectivity index (χ3v) is 7.55. The van der Waals surface area contributed by atoms with Gasteiger partial charge in [0, 0.05) is 31.8 Å². The monoisotopic (exact) mass is 538 g/mol. The molecular formula is C30H54N2O6. The van der Waals surface area contributed by atoms with Gasteiger partial charge in [-0.25, -0.2) is 0 Å². The first kappa shape index (κ1) is 33.9. The molecule has 0 aromatic carbocycles. The minimum absolute atomic E-state index is 0.0467. The lowest BCUT2D eigenvalue weighted by Gasteiger charge is -2.47. The molecule has 2 unspecified atom stereocenters. The Kier molecular flexibility index (Phi) is 17.0. The number of nitrogens with one attached hydrogen (secondary N) is 2. The van der Waals surface area contributed by atoms with Crippen molar-refractivity contribution >= 4 is 24.3 Å². The van der Waals surface area contributed by atoms with E-state index in [1.54, 1.807) is 0 Å². The third kappa shape index (κ3) is 17.4. The topological polar surface area (TPSA) is 122 Å². The molecule has 8 nitrogen and oxygen atoms in total. The highest BCUT2D eigenvalue weighted by Crippen LogP contribution is 2.45. The van der Waals surface area contributed by atoms with Crippen LogP contribution >= 0.6 is 0 Å². The summed E-state index contributed by atoms with van der Waals surface area (Å²) in [5, 5.41) is 15.1. The Hall–Kier alpha value is -2.12. The lowest BCUT2D eigenvalue weighted by atomic mass is 9.62. The molecule has 0 heterocycles. The van der Waals surface area contributed by atoms with Gasteiger partial charge in [0.15, 0.2) is 0 Å². The van der Waals surface area contributed by atoms with Crippen molar-refractivity contribution in [2.45, 2.75) is 142 Å². The first-order chi connectivity index (χ1) is 18.1. The Morgan fingerprint density at radius 1 is 0.789 bits per heavy atom. The van der Waals surface area contributed by atoms with Crippen molar-refractivity contribution in [3.8, 4) is 0 Å². The van der Waals surface area contributed by atoms with Gasteiger partial charge in [-0.15, -0.1) is 0 Å². The SMILES string of the molecule is CC1(C)CC(NC(=O)CCCCCCCCC(=O)O)CC(C)(CNC(=O)CCCCCCCCOC=O)C1. The predicted molar refractivity (Wildman–Crippen MR) is 150 cm³/mol. The van der Waals surface area contributed by atoms with Crippen LogP contribution in [0.1, 0.15) is 136 Å². The maximum atomic E-state index is 12.6. The molecule has 1 rings (SSSR count). The van der Waals surface area contributed by atoms with Gasteiger partial charge in [0.2, 0.25) is 11.8 Å². The second-order valence-electron chi connectivity index (χ2n) is 12.5. The van der Waals surface area contributed by atoms with Crippen LogP contribution < -0.4 is 10.6 Å². The van der Waals surface area contributed by atoms with Gasteiger partial charge in [-0.05, 0) is 55.8 Å². The molecule has 220 valence electrons. The van der Waals surface area contributed by atoms with Gasteiger partial charge in [0.1, 0.15) is 0 Å². The summed E-state index contributed by atoms with van der Waals surface area (Å²) in [7, 11) is 0. The number of rotatable bonds is 22. The third-order valence-electron chi connectivity index (χ3n) is 7.55. The van der Waals surface area contributed by atoms with Crippen molar-refractivity contribution < 1.29 is 29.0 Å². The van der Waals surface area contributed by atoms with E-state index >= 15 is 0 Å². The van der Waals surface area contributed by atoms with E-state index < -0.39 is 5.97 Å². The average Bonchev–Trinajstić information content (AvgIpc) is 2.82. The fraction of sp³-hybridized carbons (Fsp3) is 0.867. The fourth-order valence-corrected chi connectivity index (χ4v) is 6.07. The molecule has 2 amide bonds. The fourth-order valence-electron chi connectivity index (χ4n) is 6.07. The molecule has 0 radical (unpaired) electrons. The summed E-state index contributed by atoms with van der Waals surface area (Å²) in [6, 6.07) is 0.126. The van der Waals surface area contributed by atoms with E-state index in [1.165, 1.54) is 0 Å². The van der Waals surface area contributed by atoms with Gasteiger partial charge in [0.25, 0.3) is 6.47 Å². The molecule has 0 aromatic rings. The normalized spacial score (nSPS) is 20.4. The van der Waals surface area contributed by atoms with E-state index in [0.29, 0.717) is 32.5 Å². The number of carboxylic acids is 1. The Morgan fingerprint density at radius 3 is 1.89 bits per heavy atom. The second kappa shape index (κ2) is 19.0. The molecular weight excluding hydrogens is 484 g/mol. The van der Waals surface area contributed by atoms with Crippen LogP contribution in [0.3, 0.4) is 0 Å². The van der Waals surface area contributed by atoms with Gasteiger partial charge in [-0.1, -0.05) is 72.1 Å². The molecule has 0 spiro atoms. The maximum absolute atomic E-state index is 12.6. The molecule has 1 saturated carbocycles. The molecule has 0 aliphatic heterocycles. The Morgan fingerprint density at radius 2 is 1.32 bits per heavy atom. The zero-order valence-corrected chi connectivity index (χ0v) is 24.3. The largest absolute Gasteiger partial charge is 0.481 e. The van der Waals surface area contributed by atoms with E-state index in [4.69, 9.17) is 5.11 Å². The number of carboxylic acid groups (broad SMARTS) is 1. The molecule has 2 atom stereocenters. The lowest BCUT2D eigenvalue weighted by molar-refractivity contribution is -0.137. The Bertz CT molecular complexity index is 711. The van der Waals surface area contributed by atoms with Gasteiger partial charge in [-0.2, -0.15) is 0 Å². The first-order valence-electron chi connectivity index (χ1n) is 14.9. The summed E-state index contributed by atoms with van der Waals surface area (Å²) in [6.45, 7) is 8.35. The summed E-state index contributed by atoms with van der Waals surface area (Å²) < 4.78 is 4.69. The van der Waals surface area contributed by atoms with Crippen molar-refractivity contribution in [1.82, 2.24) is 10.6 Å². The van der Waals surface area contributed by atoms with Crippen LogP contribution in [0, 0.1) is 10.8 Å². The molecule has 1 fully saturated rings. The van der Waals surface area contributed by atoms with Gasteiger partial charge in [-0.3, -0.25) is 19.2 Å². The highest BCUT2D eigenvalue weighted by atomic mass is 16.5. The van der Waals surface area contributed by atoms with Gasteiger partial charge >= 0.3 is 5.97 Å². The van der Waals surface area contributed by atoms with Crippen LogP contribution in [0.5, 0.6) is 0 Å². The van der Waals surface area contributed by atoms with E-state index in [2.05, 4.69) is 36.1 Å². The van der Waals surface area contributed by atoms with E-state index in [1.807, 2.05) is 0 Å². The molecule has 0 saturated heterocycles. The number of ether oxygens (including phenoxy) is 1. The summed E-state index contributed by atoms with van der Waals surface area (Å²) in [5.41, 5.74) is 0.0529. The smallest absolute Gasteiger partial charge is 0.303 e. The minimum atomic E-state index is -0.732. The molecule has 0 aromatic heterocycles. The maximum Gasteiger partial charge on any atom is 0.303 e.